The minimum absolute atomic E-state index is 0.315. The van der Waals surface area contributed by atoms with E-state index in [4.69, 9.17) is 17.3 Å². The quantitative estimate of drug-likeness (QED) is 0.621. The lowest BCUT2D eigenvalue weighted by Crippen LogP contribution is -1.91. The molecule has 0 bridgehead atoms. The Hall–Kier alpha value is -1.09. The first-order valence-electron chi connectivity index (χ1n) is 2.60. The van der Waals surface area contributed by atoms with Crippen molar-refractivity contribution < 1.29 is 4.79 Å². The molecule has 0 fully saturated rings. The fourth-order valence-corrected chi connectivity index (χ4v) is 0.748. The summed E-state index contributed by atoms with van der Waals surface area (Å²) >= 11 is 5.58. The summed E-state index contributed by atoms with van der Waals surface area (Å²) in [5.74, 6) is 0.315. The van der Waals surface area contributed by atoms with Crippen LogP contribution in [0.3, 0.4) is 0 Å². The van der Waals surface area contributed by atoms with Crippen molar-refractivity contribution in [2.75, 3.05) is 5.73 Å². The van der Waals surface area contributed by atoms with Crippen molar-refractivity contribution in [2.45, 2.75) is 0 Å². The molecule has 0 spiro atoms. The maximum atomic E-state index is 10.2. The predicted molar refractivity (Wildman–Crippen MR) is 39.0 cm³/mol. The van der Waals surface area contributed by atoms with Crippen LogP contribution >= 0.6 is 11.6 Å². The van der Waals surface area contributed by atoms with Crippen LogP contribution in [0.25, 0.3) is 0 Å². The summed E-state index contributed by atoms with van der Waals surface area (Å²) in [6.07, 6.45) is 1.97. The number of nitrogens with zero attached hydrogens (tertiary/aromatic N) is 1. The summed E-state index contributed by atoms with van der Waals surface area (Å²) in [6, 6.07) is 1.44. The van der Waals surface area contributed by atoms with Gasteiger partial charge in [-0.05, 0) is 6.07 Å². The van der Waals surface area contributed by atoms with Crippen molar-refractivity contribution in [3.63, 3.8) is 0 Å². The van der Waals surface area contributed by atoms with Crippen LogP contribution in [0, 0.1) is 0 Å². The lowest BCUT2D eigenvalue weighted by Gasteiger charge is -1.94. The first-order chi connectivity index (χ1) is 4.74. The van der Waals surface area contributed by atoms with Gasteiger partial charge in [-0.15, -0.1) is 0 Å². The van der Waals surface area contributed by atoms with Gasteiger partial charge in [0.1, 0.15) is 5.82 Å². The van der Waals surface area contributed by atoms with Crippen molar-refractivity contribution in [2.24, 2.45) is 0 Å². The molecule has 2 N–H and O–H groups in total. The van der Waals surface area contributed by atoms with Gasteiger partial charge >= 0.3 is 0 Å². The number of pyridine rings is 1. The van der Waals surface area contributed by atoms with E-state index in [1.807, 2.05) is 0 Å². The maximum Gasteiger partial charge on any atom is 0.153 e. The average molecular weight is 157 g/mol. The van der Waals surface area contributed by atoms with Crippen LogP contribution in [0.1, 0.15) is 10.4 Å². The lowest BCUT2D eigenvalue weighted by molar-refractivity contribution is 0.112. The Morgan fingerprint density at radius 3 is 2.90 bits per heavy atom. The number of aromatic nitrogens is 1. The molecular formula is C6H5ClN2O. The number of hydrogen-bond acceptors (Lipinski definition) is 3. The number of aldehydes is 1. The molecule has 0 radical (unpaired) electrons. The summed E-state index contributed by atoms with van der Waals surface area (Å²) in [4.78, 5) is 13.8. The molecule has 0 amide bonds. The van der Waals surface area contributed by atoms with Crippen molar-refractivity contribution in [1.29, 1.82) is 0 Å². The standard InChI is InChI=1S/C6H5ClN2O/c7-5-1-6(8)9-2-4(5)3-10/h1-3H,(H2,8,9). The van der Waals surface area contributed by atoms with E-state index in [9.17, 15) is 4.79 Å². The molecule has 0 unspecified atom stereocenters. The van der Waals surface area contributed by atoms with E-state index in [0.717, 1.165) is 0 Å². The molecule has 3 nitrogen and oxygen atoms in total. The molecule has 0 saturated heterocycles. The molecule has 52 valence electrons. The maximum absolute atomic E-state index is 10.2. The number of carbonyl (C=O) groups excluding carboxylic acids is 1. The molecule has 10 heavy (non-hydrogen) atoms. The summed E-state index contributed by atoms with van der Waals surface area (Å²) in [5.41, 5.74) is 5.63. The Bertz CT molecular complexity index is 262. The Morgan fingerprint density at radius 1 is 1.70 bits per heavy atom. The Balaban J connectivity index is 3.19. The highest BCUT2D eigenvalue weighted by Gasteiger charge is 1.97. The number of carbonyl (C=O) groups is 1. The third-order valence-electron chi connectivity index (χ3n) is 1.03. The molecule has 1 rings (SSSR count). The first kappa shape index (κ1) is 7.02. The van der Waals surface area contributed by atoms with E-state index >= 15 is 0 Å². The minimum Gasteiger partial charge on any atom is -0.384 e. The van der Waals surface area contributed by atoms with E-state index in [-0.39, 0.29) is 0 Å². The Labute approximate surface area is 62.8 Å². The van der Waals surface area contributed by atoms with Gasteiger partial charge in [0.2, 0.25) is 0 Å². The highest BCUT2D eigenvalue weighted by atomic mass is 35.5. The van der Waals surface area contributed by atoms with Crippen LogP contribution in [0.4, 0.5) is 5.82 Å². The van der Waals surface area contributed by atoms with Crippen molar-refractivity contribution in [1.82, 2.24) is 4.98 Å². The van der Waals surface area contributed by atoms with Gasteiger partial charge < -0.3 is 5.73 Å². The van der Waals surface area contributed by atoms with Crippen molar-refractivity contribution in [3.05, 3.63) is 22.8 Å². The van der Waals surface area contributed by atoms with Crippen LogP contribution in [0.15, 0.2) is 12.3 Å². The number of halogens is 1. The minimum atomic E-state index is 0.315. The van der Waals surface area contributed by atoms with E-state index in [0.29, 0.717) is 22.7 Å². The number of nitrogens with two attached hydrogens (primary N) is 1. The molecule has 0 aromatic carbocycles. The van der Waals surface area contributed by atoms with Crippen LogP contribution in [-0.2, 0) is 0 Å². The second kappa shape index (κ2) is 2.66. The lowest BCUT2D eigenvalue weighted by atomic mass is 10.3. The zero-order valence-electron chi connectivity index (χ0n) is 5.04. The second-order valence-corrected chi connectivity index (χ2v) is 2.16. The molecule has 0 saturated carbocycles. The van der Waals surface area contributed by atoms with Gasteiger partial charge in [-0.3, -0.25) is 4.79 Å². The summed E-state index contributed by atoms with van der Waals surface area (Å²) in [7, 11) is 0. The van der Waals surface area contributed by atoms with Gasteiger partial charge in [-0.1, -0.05) is 11.6 Å². The zero-order valence-corrected chi connectivity index (χ0v) is 5.80. The number of nitrogen functional groups attached to an aromatic ring is 1. The zero-order chi connectivity index (χ0) is 7.56. The number of rotatable bonds is 1. The van der Waals surface area contributed by atoms with Gasteiger partial charge in [0.25, 0.3) is 0 Å². The molecule has 0 aliphatic rings. The number of hydrogen-bond donors (Lipinski definition) is 1. The molecule has 0 aliphatic carbocycles. The molecule has 1 aromatic heterocycles. The fourth-order valence-electron chi connectivity index (χ4n) is 0.543. The van der Waals surface area contributed by atoms with Gasteiger partial charge in [0.15, 0.2) is 6.29 Å². The average Bonchev–Trinajstić information content (AvgIpc) is 1.88. The van der Waals surface area contributed by atoms with E-state index < -0.39 is 0 Å². The number of anilines is 1. The van der Waals surface area contributed by atoms with Crippen LogP contribution in [0.5, 0.6) is 0 Å². The highest BCUT2D eigenvalue weighted by Crippen LogP contribution is 2.14. The van der Waals surface area contributed by atoms with Gasteiger partial charge in [-0.2, -0.15) is 0 Å². The van der Waals surface area contributed by atoms with Crippen LogP contribution in [-0.4, -0.2) is 11.3 Å². The monoisotopic (exact) mass is 156 g/mol. The Kier molecular flexibility index (Phi) is 1.87. The van der Waals surface area contributed by atoms with Gasteiger partial charge in [-0.25, -0.2) is 4.98 Å². The third-order valence-corrected chi connectivity index (χ3v) is 1.36. The SMILES string of the molecule is Nc1cc(Cl)c(C=O)cn1. The molecule has 1 aromatic rings. The molecular weight excluding hydrogens is 152 g/mol. The largest absolute Gasteiger partial charge is 0.384 e. The van der Waals surface area contributed by atoms with Crippen molar-refractivity contribution in [3.8, 4) is 0 Å². The van der Waals surface area contributed by atoms with E-state index in [1.165, 1.54) is 12.3 Å². The third kappa shape index (κ3) is 1.25. The first-order valence-corrected chi connectivity index (χ1v) is 2.98. The normalized spacial score (nSPS) is 9.30. The molecule has 4 heteroatoms. The van der Waals surface area contributed by atoms with Crippen LogP contribution < -0.4 is 5.73 Å². The van der Waals surface area contributed by atoms with Gasteiger partial charge in [0, 0.05) is 6.20 Å². The Morgan fingerprint density at radius 2 is 2.40 bits per heavy atom. The smallest absolute Gasteiger partial charge is 0.153 e. The second-order valence-electron chi connectivity index (χ2n) is 1.75. The fraction of sp³-hybridized carbons (Fsp3) is 0. The van der Waals surface area contributed by atoms with E-state index in [2.05, 4.69) is 4.98 Å². The van der Waals surface area contributed by atoms with Gasteiger partial charge in [0.05, 0.1) is 10.6 Å². The van der Waals surface area contributed by atoms with Crippen LogP contribution in [0.2, 0.25) is 5.02 Å². The molecule has 1 heterocycles. The summed E-state index contributed by atoms with van der Waals surface area (Å²) in [5, 5.41) is 0.336. The topological polar surface area (TPSA) is 56.0 Å². The van der Waals surface area contributed by atoms with Crippen molar-refractivity contribution >= 4 is 23.7 Å². The highest BCUT2D eigenvalue weighted by molar-refractivity contribution is 6.33. The summed E-state index contributed by atoms with van der Waals surface area (Å²) < 4.78 is 0. The summed E-state index contributed by atoms with van der Waals surface area (Å²) in [6.45, 7) is 0. The van der Waals surface area contributed by atoms with E-state index in [1.54, 1.807) is 0 Å². The molecule has 0 atom stereocenters. The predicted octanol–water partition coefficient (Wildman–Crippen LogP) is 1.13. The molecule has 0 aliphatic heterocycles.